The molecule has 3 nitrogen and oxygen atoms in total. The Labute approximate surface area is 50.5 Å². The second-order valence-corrected chi connectivity index (χ2v) is 1.44. The minimum atomic E-state index is 0.115. The molecule has 4 heteroatoms. The Hall–Kier alpha value is -0.0551. The number of aliphatic hydroxyl groups excluding tert-OH is 1. The van der Waals surface area contributed by atoms with Gasteiger partial charge in [0.1, 0.15) is 0 Å². The summed E-state index contributed by atoms with van der Waals surface area (Å²) in [6.45, 7) is 2.09. The highest BCUT2D eigenvalue weighted by Crippen LogP contribution is 1.68. The van der Waals surface area contributed by atoms with Gasteiger partial charge in [-0.2, -0.15) is 0 Å². The Morgan fingerprint density at radius 3 is 2.75 bits per heavy atom. The fraction of sp³-hybridized carbons (Fsp3) is 1.00. The first-order valence-electron chi connectivity index (χ1n) is 2.75. The lowest BCUT2D eigenvalue weighted by Gasteiger charge is -1.98. The highest BCUT2D eigenvalue weighted by Gasteiger charge is 1.81. The van der Waals surface area contributed by atoms with Gasteiger partial charge >= 0.3 is 0 Å². The van der Waals surface area contributed by atoms with Gasteiger partial charge in [-0.1, -0.05) is 0 Å². The zero-order valence-corrected chi connectivity index (χ0v) is 5.18. The maximum atomic E-state index is 8.22. The summed E-state index contributed by atoms with van der Waals surface area (Å²) >= 11 is 0. The third kappa shape index (κ3) is 5.94. The van der Waals surface area contributed by atoms with Crippen molar-refractivity contribution in [1.29, 1.82) is 0 Å². The van der Waals surface area contributed by atoms with Crippen molar-refractivity contribution in [2.75, 3.05) is 26.4 Å². The standard InChI is InChI=1S/C4H12BNO2/c5-6-1-3-8-4-2-7/h6-7H,1-5H2. The molecular weight excluding hydrogens is 105 g/mol. The summed E-state index contributed by atoms with van der Waals surface area (Å²) in [7, 11) is 1.86. The van der Waals surface area contributed by atoms with E-state index in [1.54, 1.807) is 0 Å². The van der Waals surface area contributed by atoms with Crippen molar-refractivity contribution in [3.63, 3.8) is 0 Å². The smallest absolute Gasteiger partial charge is 0.182 e. The predicted molar refractivity (Wildman–Crippen MR) is 34.5 cm³/mol. The van der Waals surface area contributed by atoms with Crippen LogP contribution in [0.2, 0.25) is 0 Å². The van der Waals surface area contributed by atoms with Gasteiger partial charge in [0.25, 0.3) is 0 Å². The SMILES string of the molecule is BNCCOCCO. The fourth-order valence-electron chi connectivity index (χ4n) is 0.341. The molecule has 0 aliphatic rings. The van der Waals surface area contributed by atoms with E-state index >= 15 is 0 Å². The first kappa shape index (κ1) is 7.94. The number of hydrogen-bond donors (Lipinski definition) is 2. The van der Waals surface area contributed by atoms with Crippen LogP contribution in [0.4, 0.5) is 0 Å². The van der Waals surface area contributed by atoms with Crippen molar-refractivity contribution < 1.29 is 9.84 Å². The molecule has 2 N–H and O–H groups in total. The van der Waals surface area contributed by atoms with Gasteiger partial charge in [0.15, 0.2) is 7.98 Å². The molecule has 0 radical (unpaired) electrons. The summed E-state index contributed by atoms with van der Waals surface area (Å²) in [5, 5.41) is 11.1. The van der Waals surface area contributed by atoms with E-state index in [-0.39, 0.29) is 6.61 Å². The molecule has 0 spiro atoms. The average Bonchev–Trinajstić information content (AvgIpc) is 1.81. The van der Waals surface area contributed by atoms with Gasteiger partial charge in [-0.05, 0) is 0 Å². The summed E-state index contributed by atoms with van der Waals surface area (Å²) < 4.78 is 4.91. The lowest BCUT2D eigenvalue weighted by atomic mass is 10.4. The van der Waals surface area contributed by atoms with Gasteiger partial charge in [-0.25, -0.2) is 0 Å². The Kier molecular flexibility index (Phi) is 6.90. The third-order valence-electron chi connectivity index (χ3n) is 0.732. The van der Waals surface area contributed by atoms with Crippen molar-refractivity contribution in [2.24, 2.45) is 0 Å². The minimum Gasteiger partial charge on any atom is -0.394 e. The Morgan fingerprint density at radius 1 is 1.50 bits per heavy atom. The van der Waals surface area contributed by atoms with Crippen molar-refractivity contribution in [3.05, 3.63) is 0 Å². The number of aliphatic hydroxyl groups is 1. The van der Waals surface area contributed by atoms with Gasteiger partial charge in [0, 0.05) is 6.54 Å². The summed E-state index contributed by atoms with van der Waals surface area (Å²) in [4.78, 5) is 0. The molecule has 0 bridgehead atoms. The third-order valence-corrected chi connectivity index (χ3v) is 0.732. The topological polar surface area (TPSA) is 41.5 Å². The van der Waals surface area contributed by atoms with Gasteiger partial charge in [0.2, 0.25) is 0 Å². The van der Waals surface area contributed by atoms with Crippen LogP contribution in [-0.2, 0) is 4.74 Å². The van der Waals surface area contributed by atoms with Crippen molar-refractivity contribution in [3.8, 4) is 0 Å². The molecule has 0 aromatic rings. The monoisotopic (exact) mass is 117 g/mol. The zero-order chi connectivity index (χ0) is 6.24. The van der Waals surface area contributed by atoms with Crippen molar-refractivity contribution in [2.45, 2.75) is 0 Å². The highest BCUT2D eigenvalue weighted by molar-refractivity contribution is 6.04. The van der Waals surface area contributed by atoms with Crippen LogP contribution in [0.25, 0.3) is 0 Å². The molecule has 0 aromatic heterocycles. The van der Waals surface area contributed by atoms with Crippen LogP contribution in [0.15, 0.2) is 0 Å². The molecule has 0 fully saturated rings. The molecule has 0 amide bonds. The van der Waals surface area contributed by atoms with E-state index in [4.69, 9.17) is 9.84 Å². The molecule has 0 heterocycles. The summed E-state index contributed by atoms with van der Waals surface area (Å²) in [6, 6.07) is 0. The van der Waals surface area contributed by atoms with E-state index in [0.29, 0.717) is 13.2 Å². The normalized spacial score (nSPS) is 9.62. The first-order valence-corrected chi connectivity index (χ1v) is 2.75. The molecular formula is C4H12BNO2. The average molecular weight is 117 g/mol. The van der Waals surface area contributed by atoms with E-state index < -0.39 is 0 Å². The molecule has 48 valence electrons. The largest absolute Gasteiger partial charge is 0.394 e. The second kappa shape index (κ2) is 6.94. The molecule has 0 rings (SSSR count). The molecule has 0 aromatic carbocycles. The Balaban J connectivity index is 2.53. The van der Waals surface area contributed by atoms with Crippen LogP contribution in [0.1, 0.15) is 0 Å². The van der Waals surface area contributed by atoms with E-state index in [9.17, 15) is 0 Å². The molecule has 0 saturated carbocycles. The summed E-state index contributed by atoms with van der Waals surface area (Å²) in [5.74, 6) is 0. The van der Waals surface area contributed by atoms with Gasteiger partial charge < -0.3 is 15.1 Å². The second-order valence-electron chi connectivity index (χ2n) is 1.44. The number of ether oxygens (including phenoxy) is 1. The van der Waals surface area contributed by atoms with Crippen LogP contribution in [0, 0.1) is 0 Å². The predicted octanol–water partition coefficient (Wildman–Crippen LogP) is -1.87. The van der Waals surface area contributed by atoms with Gasteiger partial charge in [0.05, 0.1) is 19.8 Å². The van der Waals surface area contributed by atoms with Crippen LogP contribution in [0.5, 0.6) is 0 Å². The van der Waals surface area contributed by atoms with Crippen LogP contribution in [0.3, 0.4) is 0 Å². The molecule has 0 saturated heterocycles. The van der Waals surface area contributed by atoms with Crippen LogP contribution >= 0.6 is 0 Å². The highest BCUT2D eigenvalue weighted by atomic mass is 16.5. The van der Waals surface area contributed by atoms with Crippen molar-refractivity contribution in [1.82, 2.24) is 5.23 Å². The van der Waals surface area contributed by atoms with Gasteiger partial charge in [-0.15, -0.1) is 0 Å². The molecule has 0 unspecified atom stereocenters. The number of rotatable bonds is 5. The van der Waals surface area contributed by atoms with Crippen LogP contribution < -0.4 is 5.23 Å². The quantitative estimate of drug-likeness (QED) is 0.327. The van der Waals surface area contributed by atoms with Gasteiger partial charge in [-0.3, -0.25) is 0 Å². The molecule has 0 aliphatic heterocycles. The number of hydrogen-bond acceptors (Lipinski definition) is 3. The molecule has 0 aliphatic carbocycles. The lowest BCUT2D eigenvalue weighted by Crippen LogP contribution is -2.16. The zero-order valence-electron chi connectivity index (χ0n) is 5.18. The van der Waals surface area contributed by atoms with E-state index in [1.807, 2.05) is 7.98 Å². The molecule has 0 atom stereocenters. The Morgan fingerprint density at radius 2 is 2.25 bits per heavy atom. The molecule has 8 heavy (non-hydrogen) atoms. The van der Waals surface area contributed by atoms with Crippen LogP contribution in [-0.4, -0.2) is 39.5 Å². The van der Waals surface area contributed by atoms with Crippen molar-refractivity contribution >= 4 is 7.98 Å². The first-order chi connectivity index (χ1) is 3.91. The van der Waals surface area contributed by atoms with E-state index in [1.165, 1.54) is 0 Å². The van der Waals surface area contributed by atoms with E-state index in [2.05, 4.69) is 5.23 Å². The number of nitrogens with one attached hydrogen (secondary N) is 1. The lowest BCUT2D eigenvalue weighted by molar-refractivity contribution is 0.0962. The maximum absolute atomic E-state index is 8.22. The Bertz CT molecular complexity index is 39.0. The summed E-state index contributed by atoms with van der Waals surface area (Å²) in [6.07, 6.45) is 0. The minimum absolute atomic E-state index is 0.115. The fourth-order valence-corrected chi connectivity index (χ4v) is 0.341. The summed E-state index contributed by atoms with van der Waals surface area (Å²) in [5.41, 5.74) is 0. The van der Waals surface area contributed by atoms with E-state index in [0.717, 1.165) is 6.54 Å². The maximum Gasteiger partial charge on any atom is 0.182 e.